The SMILES string of the molecule is CC(C)c1ccc2c(c1)C(C)C(C)c1cc(C3=C4C(=O)N(C)C(c5ccc6c(c5)C(C)C(C)c5cc(C(C)C)ccc5-6)=C4C(=O)N3C)ccc1-2. The number of likely N-dealkylation sites (N-methyl/N-ethyl adjacent to an activating group) is 2. The molecule has 4 aromatic carbocycles. The predicted molar refractivity (Wildman–Crippen MR) is 205 cm³/mol. The Morgan fingerprint density at radius 3 is 1.08 bits per heavy atom. The molecule has 2 heterocycles. The summed E-state index contributed by atoms with van der Waals surface area (Å²) in [6.07, 6.45) is 0. The maximum absolute atomic E-state index is 14.2. The summed E-state index contributed by atoms with van der Waals surface area (Å²) in [4.78, 5) is 31.8. The first kappa shape index (κ1) is 32.5. The van der Waals surface area contributed by atoms with Crippen molar-refractivity contribution in [2.24, 2.45) is 0 Å². The molecule has 8 rings (SSSR count). The zero-order valence-corrected chi connectivity index (χ0v) is 31.1. The Kier molecular flexibility index (Phi) is 7.42. The molecule has 0 saturated carbocycles. The van der Waals surface area contributed by atoms with Crippen LogP contribution in [0.3, 0.4) is 0 Å². The Bertz CT molecular complexity index is 2060. The van der Waals surface area contributed by atoms with Crippen LogP contribution in [0.2, 0.25) is 0 Å². The molecule has 0 spiro atoms. The standard InChI is InChI=1S/C46H48N2O2/c1-23(2)29-11-15-33-35-17-13-31(21-39(35)27(7)25(5)37(33)19-29)43-41-42(46(50)47(43)9)44(48(10)45(41)49)32-14-18-36-34-16-12-30(24(3)4)20-38(34)26(6)28(8)40(36)22-32/h11-28H,1-10H3. The van der Waals surface area contributed by atoms with Crippen LogP contribution in [-0.4, -0.2) is 35.7 Å². The third-order valence-electron chi connectivity index (χ3n) is 12.6. The average molecular weight is 661 g/mol. The Morgan fingerprint density at radius 2 is 0.760 bits per heavy atom. The fourth-order valence-corrected chi connectivity index (χ4v) is 9.07. The molecule has 4 aliphatic rings. The van der Waals surface area contributed by atoms with Gasteiger partial charge in [0.15, 0.2) is 0 Å². The largest absolute Gasteiger partial charge is 0.310 e. The molecule has 4 unspecified atom stereocenters. The summed E-state index contributed by atoms with van der Waals surface area (Å²) >= 11 is 0. The number of hydrogen-bond donors (Lipinski definition) is 0. The highest BCUT2D eigenvalue weighted by Crippen LogP contribution is 2.52. The van der Waals surface area contributed by atoms with Gasteiger partial charge in [-0.15, -0.1) is 0 Å². The van der Waals surface area contributed by atoms with Crippen LogP contribution in [0.25, 0.3) is 33.6 Å². The molecule has 0 radical (unpaired) electrons. The van der Waals surface area contributed by atoms with Crippen molar-refractivity contribution in [3.63, 3.8) is 0 Å². The summed E-state index contributed by atoms with van der Waals surface area (Å²) < 4.78 is 0. The van der Waals surface area contributed by atoms with Gasteiger partial charge >= 0.3 is 0 Å². The van der Waals surface area contributed by atoms with Crippen molar-refractivity contribution in [2.75, 3.05) is 14.1 Å². The lowest BCUT2D eigenvalue weighted by Gasteiger charge is -2.33. The van der Waals surface area contributed by atoms with Crippen LogP contribution in [0, 0.1) is 0 Å². The number of carbonyl (C=O) groups is 2. The Hall–Kier alpha value is -4.70. The lowest BCUT2D eigenvalue weighted by atomic mass is 9.72. The molecule has 0 fully saturated rings. The summed E-state index contributed by atoms with van der Waals surface area (Å²) in [7, 11) is 3.63. The van der Waals surface area contributed by atoms with E-state index in [4.69, 9.17) is 0 Å². The molecule has 4 aromatic rings. The van der Waals surface area contributed by atoms with Gasteiger partial charge in [0.05, 0.1) is 22.5 Å². The highest BCUT2D eigenvalue weighted by atomic mass is 16.2. The second-order valence-corrected chi connectivity index (χ2v) is 15.9. The van der Waals surface area contributed by atoms with Gasteiger partial charge in [-0.25, -0.2) is 0 Å². The Labute approximate surface area is 297 Å². The van der Waals surface area contributed by atoms with Gasteiger partial charge < -0.3 is 9.80 Å². The average Bonchev–Trinajstić information content (AvgIpc) is 3.52. The minimum Gasteiger partial charge on any atom is -0.310 e. The zero-order valence-electron chi connectivity index (χ0n) is 31.1. The molecule has 4 heteroatoms. The number of nitrogens with zero attached hydrogens (tertiary/aromatic N) is 2. The Morgan fingerprint density at radius 1 is 0.460 bits per heavy atom. The van der Waals surface area contributed by atoms with E-state index in [0.717, 1.165) is 11.1 Å². The van der Waals surface area contributed by atoms with E-state index >= 15 is 0 Å². The van der Waals surface area contributed by atoms with Crippen LogP contribution >= 0.6 is 0 Å². The van der Waals surface area contributed by atoms with Crippen molar-refractivity contribution in [1.82, 2.24) is 9.80 Å². The zero-order chi connectivity index (χ0) is 35.5. The van der Waals surface area contributed by atoms with E-state index in [-0.39, 0.29) is 11.8 Å². The first-order valence-electron chi connectivity index (χ1n) is 18.4. The fraction of sp³-hybridized carbons (Fsp3) is 0.348. The molecule has 0 aromatic heterocycles. The second-order valence-electron chi connectivity index (χ2n) is 15.9. The van der Waals surface area contributed by atoms with Crippen LogP contribution < -0.4 is 0 Å². The predicted octanol–water partition coefficient (Wildman–Crippen LogP) is 10.8. The number of rotatable bonds is 4. The van der Waals surface area contributed by atoms with E-state index < -0.39 is 0 Å². The molecule has 2 aliphatic heterocycles. The number of hydrogen-bond acceptors (Lipinski definition) is 2. The molecule has 4 nitrogen and oxygen atoms in total. The minimum absolute atomic E-state index is 0.126. The van der Waals surface area contributed by atoms with Gasteiger partial charge in [-0.2, -0.15) is 0 Å². The quantitative estimate of drug-likeness (QED) is 0.219. The molecule has 254 valence electrons. The van der Waals surface area contributed by atoms with Gasteiger partial charge in [0.2, 0.25) is 0 Å². The van der Waals surface area contributed by atoms with Crippen LogP contribution in [0.1, 0.15) is 135 Å². The van der Waals surface area contributed by atoms with Crippen molar-refractivity contribution in [1.29, 1.82) is 0 Å². The van der Waals surface area contributed by atoms with E-state index in [0.29, 0.717) is 58.0 Å². The van der Waals surface area contributed by atoms with Gasteiger partial charge in [-0.3, -0.25) is 9.59 Å². The van der Waals surface area contributed by atoms with E-state index in [1.54, 1.807) is 9.80 Å². The lowest BCUT2D eigenvalue weighted by Crippen LogP contribution is -2.25. The van der Waals surface area contributed by atoms with Gasteiger partial charge in [0, 0.05) is 14.1 Å². The molecular weight excluding hydrogens is 613 g/mol. The molecule has 50 heavy (non-hydrogen) atoms. The van der Waals surface area contributed by atoms with Crippen LogP contribution in [0.4, 0.5) is 0 Å². The highest BCUT2D eigenvalue weighted by molar-refractivity contribution is 6.30. The van der Waals surface area contributed by atoms with E-state index in [1.165, 1.54) is 55.6 Å². The highest BCUT2D eigenvalue weighted by Gasteiger charge is 2.47. The van der Waals surface area contributed by atoms with Crippen molar-refractivity contribution in [3.8, 4) is 22.3 Å². The number of fused-ring (bicyclic) bond motifs is 7. The smallest absolute Gasteiger partial charge is 0.261 e. The number of amides is 2. The monoisotopic (exact) mass is 660 g/mol. The summed E-state index contributed by atoms with van der Waals surface area (Å²) in [6.45, 7) is 18.2. The first-order chi connectivity index (χ1) is 23.8. The molecule has 0 N–H and O–H groups in total. The van der Waals surface area contributed by atoms with Crippen molar-refractivity contribution in [3.05, 3.63) is 128 Å². The number of benzene rings is 4. The molecule has 4 atom stereocenters. The summed E-state index contributed by atoms with van der Waals surface area (Å²) in [5.74, 6) is 2.00. The van der Waals surface area contributed by atoms with Crippen molar-refractivity contribution >= 4 is 23.2 Å². The summed E-state index contributed by atoms with van der Waals surface area (Å²) in [5.41, 5.74) is 17.4. The van der Waals surface area contributed by atoms with Crippen LogP contribution in [0.15, 0.2) is 83.9 Å². The van der Waals surface area contributed by atoms with Crippen molar-refractivity contribution < 1.29 is 9.59 Å². The second kappa shape index (κ2) is 11.4. The number of carbonyl (C=O) groups excluding carboxylic acids is 2. The normalized spacial score (nSPS) is 22.4. The third-order valence-corrected chi connectivity index (χ3v) is 12.6. The fourth-order valence-electron chi connectivity index (χ4n) is 9.07. The topological polar surface area (TPSA) is 40.6 Å². The third kappa shape index (κ3) is 4.49. The summed E-state index contributed by atoms with van der Waals surface area (Å²) in [5, 5.41) is 0. The molecule has 2 aliphatic carbocycles. The van der Waals surface area contributed by atoms with Gasteiger partial charge in [-0.05, 0) is 114 Å². The maximum atomic E-state index is 14.2. The van der Waals surface area contributed by atoms with Crippen molar-refractivity contribution in [2.45, 2.75) is 90.9 Å². The maximum Gasteiger partial charge on any atom is 0.261 e. The lowest BCUT2D eigenvalue weighted by molar-refractivity contribution is -0.123. The van der Waals surface area contributed by atoms with Crippen LogP contribution in [0.5, 0.6) is 0 Å². The van der Waals surface area contributed by atoms with Gasteiger partial charge in [0.1, 0.15) is 0 Å². The van der Waals surface area contributed by atoms with Gasteiger partial charge in [-0.1, -0.05) is 116 Å². The van der Waals surface area contributed by atoms with Gasteiger partial charge in [0.25, 0.3) is 11.8 Å². The van der Waals surface area contributed by atoms with E-state index in [2.05, 4.69) is 128 Å². The van der Waals surface area contributed by atoms with Crippen LogP contribution in [-0.2, 0) is 9.59 Å². The van der Waals surface area contributed by atoms with E-state index in [9.17, 15) is 9.59 Å². The molecule has 2 amide bonds. The molecule has 0 saturated heterocycles. The van der Waals surface area contributed by atoms with E-state index in [1.807, 2.05) is 14.1 Å². The molecular formula is C46H48N2O2. The first-order valence-corrected chi connectivity index (χ1v) is 18.4. The summed E-state index contributed by atoms with van der Waals surface area (Å²) in [6, 6.07) is 26.9. The minimum atomic E-state index is -0.126. The Balaban J connectivity index is 1.25. The molecule has 0 bridgehead atoms.